The van der Waals surface area contributed by atoms with Crippen LogP contribution >= 0.6 is 0 Å². The van der Waals surface area contributed by atoms with Gasteiger partial charge in [0.1, 0.15) is 5.82 Å². The van der Waals surface area contributed by atoms with Crippen molar-refractivity contribution in [2.24, 2.45) is 5.92 Å². The van der Waals surface area contributed by atoms with E-state index in [2.05, 4.69) is 5.32 Å². The van der Waals surface area contributed by atoms with Gasteiger partial charge in [-0.15, -0.1) is 0 Å². The number of nitrogens with one attached hydrogen (secondary N) is 1. The first-order valence-corrected chi connectivity index (χ1v) is 6.46. The molecule has 5 nitrogen and oxygen atoms in total. The summed E-state index contributed by atoms with van der Waals surface area (Å²) in [5, 5.41) is 11.4. The number of carbonyl (C=O) groups is 2. The molecule has 1 saturated heterocycles. The van der Waals surface area contributed by atoms with Gasteiger partial charge in [-0.2, -0.15) is 0 Å². The molecule has 0 saturated carbocycles. The number of carbonyl (C=O) groups excluding carboxylic acids is 1. The van der Waals surface area contributed by atoms with Crippen LogP contribution in [0.4, 0.5) is 4.39 Å². The molecule has 1 aromatic carbocycles. The zero-order valence-electron chi connectivity index (χ0n) is 10.9. The Hall–Kier alpha value is -1.95. The molecular weight excluding hydrogens is 265 g/mol. The highest BCUT2D eigenvalue weighted by molar-refractivity contribution is 5.96. The van der Waals surface area contributed by atoms with Gasteiger partial charge in [-0.25, -0.2) is 9.18 Å². The summed E-state index contributed by atoms with van der Waals surface area (Å²) in [4.78, 5) is 22.5. The number of carboxylic acids is 1. The van der Waals surface area contributed by atoms with Crippen molar-refractivity contribution in [1.29, 1.82) is 0 Å². The van der Waals surface area contributed by atoms with Crippen molar-refractivity contribution in [3.63, 3.8) is 0 Å². The van der Waals surface area contributed by atoms with Crippen molar-refractivity contribution < 1.29 is 23.8 Å². The maximum Gasteiger partial charge on any atom is 0.335 e. The summed E-state index contributed by atoms with van der Waals surface area (Å²) >= 11 is 0. The van der Waals surface area contributed by atoms with Gasteiger partial charge in [-0.05, 0) is 37.0 Å². The van der Waals surface area contributed by atoms with E-state index in [1.165, 1.54) is 12.1 Å². The van der Waals surface area contributed by atoms with Crippen LogP contribution in [0, 0.1) is 11.7 Å². The average Bonchev–Trinajstić information content (AvgIpc) is 2.45. The zero-order valence-corrected chi connectivity index (χ0v) is 10.9. The van der Waals surface area contributed by atoms with E-state index in [9.17, 15) is 14.0 Å². The Labute approximate surface area is 115 Å². The number of halogens is 1. The van der Waals surface area contributed by atoms with Crippen molar-refractivity contribution >= 4 is 11.9 Å². The molecule has 0 bridgehead atoms. The Morgan fingerprint density at radius 2 is 2.05 bits per heavy atom. The van der Waals surface area contributed by atoms with E-state index in [4.69, 9.17) is 9.84 Å². The van der Waals surface area contributed by atoms with E-state index in [0.29, 0.717) is 25.7 Å². The van der Waals surface area contributed by atoms with Crippen LogP contribution < -0.4 is 5.32 Å². The lowest BCUT2D eigenvalue weighted by atomic mass is 10.0. The largest absolute Gasteiger partial charge is 0.478 e. The van der Waals surface area contributed by atoms with Crippen LogP contribution in [0.25, 0.3) is 0 Å². The minimum absolute atomic E-state index is 0.137. The lowest BCUT2D eigenvalue weighted by Crippen LogP contribution is -2.32. The molecule has 2 rings (SSSR count). The third-order valence-electron chi connectivity index (χ3n) is 3.35. The Kier molecular flexibility index (Phi) is 4.68. The number of ether oxygens (including phenoxy) is 1. The minimum atomic E-state index is -1.22. The molecular formula is C14H16FNO4. The number of benzene rings is 1. The van der Waals surface area contributed by atoms with Crippen molar-refractivity contribution in [3.8, 4) is 0 Å². The zero-order chi connectivity index (χ0) is 14.5. The first-order valence-electron chi connectivity index (χ1n) is 6.46. The van der Waals surface area contributed by atoms with Crippen molar-refractivity contribution in [2.45, 2.75) is 12.8 Å². The second-order valence-corrected chi connectivity index (χ2v) is 4.77. The smallest absolute Gasteiger partial charge is 0.335 e. The number of aromatic carboxylic acids is 1. The molecule has 108 valence electrons. The molecule has 1 aliphatic rings. The lowest BCUT2D eigenvalue weighted by Gasteiger charge is -2.22. The number of hydrogen-bond acceptors (Lipinski definition) is 3. The Morgan fingerprint density at radius 1 is 1.35 bits per heavy atom. The molecule has 0 aromatic heterocycles. The van der Waals surface area contributed by atoms with E-state index in [1.54, 1.807) is 0 Å². The second-order valence-electron chi connectivity index (χ2n) is 4.77. The molecule has 0 aliphatic carbocycles. The molecule has 0 atom stereocenters. The maximum atomic E-state index is 13.7. The number of hydrogen-bond donors (Lipinski definition) is 2. The SMILES string of the molecule is O=C(O)c1ccc(C(=O)NCC2CCOCC2)c(F)c1. The van der Waals surface area contributed by atoms with Crippen LogP contribution in [0.15, 0.2) is 18.2 Å². The van der Waals surface area contributed by atoms with Gasteiger partial charge in [0.25, 0.3) is 5.91 Å². The Balaban J connectivity index is 1.96. The number of rotatable bonds is 4. The van der Waals surface area contributed by atoms with Crippen LogP contribution in [0.5, 0.6) is 0 Å². The molecule has 1 aromatic rings. The molecule has 0 radical (unpaired) electrons. The number of amides is 1. The fraction of sp³-hybridized carbons (Fsp3) is 0.429. The fourth-order valence-corrected chi connectivity index (χ4v) is 2.12. The van der Waals surface area contributed by atoms with Gasteiger partial charge >= 0.3 is 5.97 Å². The van der Waals surface area contributed by atoms with E-state index >= 15 is 0 Å². The fourth-order valence-electron chi connectivity index (χ4n) is 2.12. The van der Waals surface area contributed by atoms with Gasteiger partial charge in [0.15, 0.2) is 0 Å². The molecule has 0 unspecified atom stereocenters. The van der Waals surface area contributed by atoms with E-state index < -0.39 is 17.7 Å². The third kappa shape index (κ3) is 3.54. The molecule has 2 N–H and O–H groups in total. The minimum Gasteiger partial charge on any atom is -0.478 e. The van der Waals surface area contributed by atoms with Crippen LogP contribution in [0.1, 0.15) is 33.6 Å². The first kappa shape index (κ1) is 14.5. The molecule has 1 aliphatic heterocycles. The molecule has 1 amide bonds. The van der Waals surface area contributed by atoms with Crippen LogP contribution in [0.2, 0.25) is 0 Å². The van der Waals surface area contributed by atoms with Crippen LogP contribution in [0.3, 0.4) is 0 Å². The predicted octanol–water partition coefficient (Wildman–Crippen LogP) is 1.68. The first-order chi connectivity index (χ1) is 9.58. The quantitative estimate of drug-likeness (QED) is 0.880. The predicted molar refractivity (Wildman–Crippen MR) is 69.2 cm³/mol. The Bertz CT molecular complexity index is 512. The monoisotopic (exact) mass is 281 g/mol. The number of carboxylic acid groups (broad SMARTS) is 1. The van der Waals surface area contributed by atoms with Gasteiger partial charge in [-0.1, -0.05) is 0 Å². The van der Waals surface area contributed by atoms with Crippen molar-refractivity contribution in [3.05, 3.63) is 35.1 Å². The normalized spacial score (nSPS) is 15.8. The summed E-state index contributed by atoms with van der Waals surface area (Å²) in [6, 6.07) is 3.26. The highest BCUT2D eigenvalue weighted by Crippen LogP contribution is 2.14. The molecule has 1 fully saturated rings. The van der Waals surface area contributed by atoms with E-state index in [0.717, 1.165) is 18.9 Å². The van der Waals surface area contributed by atoms with Crippen LogP contribution in [-0.4, -0.2) is 36.7 Å². The summed E-state index contributed by atoms with van der Waals surface area (Å²) < 4.78 is 18.9. The summed E-state index contributed by atoms with van der Waals surface area (Å²) in [5.41, 5.74) is -0.314. The van der Waals surface area contributed by atoms with Crippen LogP contribution in [-0.2, 0) is 4.74 Å². The average molecular weight is 281 g/mol. The summed E-state index contributed by atoms with van der Waals surface area (Å²) in [6.45, 7) is 1.84. The maximum absolute atomic E-state index is 13.7. The summed E-state index contributed by atoms with van der Waals surface area (Å²) in [5.74, 6) is -2.23. The molecule has 6 heteroatoms. The lowest BCUT2D eigenvalue weighted by molar-refractivity contribution is 0.0642. The van der Waals surface area contributed by atoms with Gasteiger partial charge < -0.3 is 15.2 Å². The van der Waals surface area contributed by atoms with Crippen molar-refractivity contribution in [2.75, 3.05) is 19.8 Å². The third-order valence-corrected chi connectivity index (χ3v) is 3.35. The highest BCUT2D eigenvalue weighted by atomic mass is 19.1. The topological polar surface area (TPSA) is 75.6 Å². The molecule has 0 spiro atoms. The van der Waals surface area contributed by atoms with Gasteiger partial charge in [0, 0.05) is 19.8 Å². The standard InChI is InChI=1S/C14H16FNO4/c15-12-7-10(14(18)19)1-2-11(12)13(17)16-8-9-3-5-20-6-4-9/h1-2,7,9H,3-6,8H2,(H,16,17)(H,18,19). The van der Waals surface area contributed by atoms with E-state index in [-0.39, 0.29) is 11.1 Å². The van der Waals surface area contributed by atoms with Gasteiger partial charge in [-0.3, -0.25) is 4.79 Å². The second kappa shape index (κ2) is 6.47. The summed E-state index contributed by atoms with van der Waals surface area (Å²) in [7, 11) is 0. The van der Waals surface area contributed by atoms with Crippen molar-refractivity contribution in [1.82, 2.24) is 5.32 Å². The molecule has 20 heavy (non-hydrogen) atoms. The van der Waals surface area contributed by atoms with Gasteiger partial charge in [0.2, 0.25) is 0 Å². The Morgan fingerprint density at radius 3 is 2.65 bits per heavy atom. The summed E-state index contributed by atoms with van der Waals surface area (Å²) in [6.07, 6.45) is 1.75. The highest BCUT2D eigenvalue weighted by Gasteiger charge is 2.17. The van der Waals surface area contributed by atoms with Gasteiger partial charge in [0.05, 0.1) is 11.1 Å². The molecule has 1 heterocycles. The van der Waals surface area contributed by atoms with E-state index in [1.807, 2.05) is 0 Å².